The van der Waals surface area contributed by atoms with Crippen LogP contribution in [0.5, 0.6) is 0 Å². The first-order valence-electron chi connectivity index (χ1n) is 6.54. The van der Waals surface area contributed by atoms with Gasteiger partial charge in [-0.25, -0.2) is 9.67 Å². The molecule has 0 bridgehead atoms. The van der Waals surface area contributed by atoms with E-state index in [9.17, 15) is 4.79 Å². The fraction of sp³-hybridized carbons (Fsp3) is 0.133. The summed E-state index contributed by atoms with van der Waals surface area (Å²) in [6, 6.07) is 9.99. The number of rotatable bonds is 3. The monoisotopic (exact) mass is 332 g/mol. The average molecular weight is 333 g/mol. The summed E-state index contributed by atoms with van der Waals surface area (Å²) in [7, 11) is 3.50. The summed E-state index contributed by atoms with van der Waals surface area (Å²) in [5.41, 5.74) is 1.76. The molecule has 0 aliphatic rings. The predicted molar refractivity (Wildman–Crippen MR) is 87.3 cm³/mol. The molecule has 0 saturated carbocycles. The number of hydrogen-bond acceptors (Lipinski definition) is 4. The summed E-state index contributed by atoms with van der Waals surface area (Å²) in [5, 5.41) is 4.90. The maximum Gasteiger partial charge on any atom is 0.286 e. The molecule has 0 atom stereocenters. The van der Waals surface area contributed by atoms with Crippen LogP contribution in [0.3, 0.4) is 0 Å². The molecule has 0 unspecified atom stereocenters. The van der Waals surface area contributed by atoms with E-state index in [0.29, 0.717) is 4.90 Å². The van der Waals surface area contributed by atoms with E-state index in [1.54, 1.807) is 19.4 Å². The van der Waals surface area contributed by atoms with Crippen LogP contribution < -0.4 is 5.56 Å². The van der Waals surface area contributed by atoms with Crippen LogP contribution in [0, 0.1) is 0 Å². The van der Waals surface area contributed by atoms with Gasteiger partial charge in [0.15, 0.2) is 5.16 Å². The molecule has 112 valence electrons. The Kier molecular flexibility index (Phi) is 4.04. The molecule has 0 spiro atoms. The number of benzene rings is 1. The molecule has 0 radical (unpaired) electrons. The van der Waals surface area contributed by atoms with E-state index in [2.05, 4.69) is 10.1 Å². The van der Waals surface area contributed by atoms with Crippen LogP contribution in [0.15, 0.2) is 57.6 Å². The van der Waals surface area contributed by atoms with Crippen molar-refractivity contribution in [2.24, 2.45) is 14.1 Å². The topological polar surface area (TPSA) is 52.7 Å². The first-order chi connectivity index (χ1) is 10.6. The van der Waals surface area contributed by atoms with Crippen LogP contribution in [0.25, 0.3) is 11.3 Å². The second kappa shape index (κ2) is 5.98. The van der Waals surface area contributed by atoms with Crippen LogP contribution in [0.2, 0.25) is 5.02 Å². The summed E-state index contributed by atoms with van der Waals surface area (Å²) < 4.78 is 3.17. The molecule has 1 aromatic carbocycles. The van der Waals surface area contributed by atoms with Gasteiger partial charge in [-0.2, -0.15) is 5.10 Å². The maximum absolute atomic E-state index is 11.8. The molecule has 0 aliphatic heterocycles. The summed E-state index contributed by atoms with van der Waals surface area (Å²) in [6.07, 6.45) is 3.38. The third kappa shape index (κ3) is 2.67. The zero-order valence-electron chi connectivity index (χ0n) is 12.0. The third-order valence-corrected chi connectivity index (χ3v) is 4.83. The van der Waals surface area contributed by atoms with Gasteiger partial charge < -0.3 is 4.57 Å². The van der Waals surface area contributed by atoms with Crippen LogP contribution in [-0.2, 0) is 14.1 Å². The molecule has 2 heterocycles. The first-order valence-corrected chi connectivity index (χ1v) is 7.74. The molecule has 7 heteroatoms. The lowest BCUT2D eigenvalue weighted by atomic mass is 10.2. The molecule has 0 aliphatic carbocycles. The van der Waals surface area contributed by atoms with Crippen molar-refractivity contribution in [3.05, 3.63) is 58.1 Å². The summed E-state index contributed by atoms with van der Waals surface area (Å²) in [4.78, 5) is 16.8. The Hall–Kier alpha value is -2.05. The van der Waals surface area contributed by atoms with Gasteiger partial charge in [0.25, 0.3) is 5.56 Å². The molecule has 22 heavy (non-hydrogen) atoms. The number of hydrogen-bond donors (Lipinski definition) is 0. The van der Waals surface area contributed by atoms with Crippen molar-refractivity contribution in [3.63, 3.8) is 0 Å². The van der Waals surface area contributed by atoms with E-state index in [1.165, 1.54) is 16.4 Å². The molecule has 3 aromatic rings. The van der Waals surface area contributed by atoms with E-state index in [4.69, 9.17) is 11.6 Å². The summed E-state index contributed by atoms with van der Waals surface area (Å²) in [6.45, 7) is 0. The number of aryl methyl sites for hydroxylation is 1. The fourth-order valence-electron chi connectivity index (χ4n) is 2.03. The SMILES string of the molecule is Cn1c(-c2ccccc2)cnc1Sc1cnn(C)c(=O)c1Cl. The second-order valence-electron chi connectivity index (χ2n) is 4.70. The number of imidazole rings is 1. The van der Waals surface area contributed by atoms with E-state index < -0.39 is 0 Å². The van der Waals surface area contributed by atoms with Gasteiger partial charge in [-0.15, -0.1) is 0 Å². The van der Waals surface area contributed by atoms with Crippen molar-refractivity contribution in [2.45, 2.75) is 10.1 Å². The minimum Gasteiger partial charge on any atom is -0.322 e. The second-order valence-corrected chi connectivity index (χ2v) is 6.09. The molecular formula is C15H13ClN4OS. The molecule has 0 saturated heterocycles. The summed E-state index contributed by atoms with van der Waals surface area (Å²) in [5.74, 6) is 0. The average Bonchev–Trinajstić information content (AvgIpc) is 2.90. The zero-order chi connectivity index (χ0) is 15.7. The smallest absolute Gasteiger partial charge is 0.286 e. The van der Waals surface area contributed by atoms with Gasteiger partial charge in [0, 0.05) is 14.1 Å². The molecule has 0 amide bonds. The molecule has 2 aromatic heterocycles. The normalized spacial score (nSPS) is 10.9. The molecule has 0 N–H and O–H groups in total. The largest absolute Gasteiger partial charge is 0.322 e. The van der Waals surface area contributed by atoms with Crippen LogP contribution in [0.1, 0.15) is 0 Å². The quantitative estimate of drug-likeness (QED) is 0.740. The van der Waals surface area contributed by atoms with Gasteiger partial charge in [0.2, 0.25) is 0 Å². The standard InChI is InChI=1S/C15H13ClN4OS/c1-19-11(10-6-4-3-5-7-10)8-17-15(19)22-12-9-18-20(2)14(21)13(12)16/h3-9H,1-2H3. The van der Waals surface area contributed by atoms with E-state index in [1.807, 2.05) is 41.9 Å². The van der Waals surface area contributed by atoms with Crippen LogP contribution in [0.4, 0.5) is 0 Å². The van der Waals surface area contributed by atoms with Gasteiger partial charge >= 0.3 is 0 Å². The Morgan fingerprint density at radius 3 is 2.59 bits per heavy atom. The highest BCUT2D eigenvalue weighted by Crippen LogP contribution is 2.32. The van der Waals surface area contributed by atoms with Crippen molar-refractivity contribution < 1.29 is 0 Å². The number of halogens is 1. The van der Waals surface area contributed by atoms with Crippen molar-refractivity contribution in [2.75, 3.05) is 0 Å². The Morgan fingerprint density at radius 1 is 1.14 bits per heavy atom. The van der Waals surface area contributed by atoms with Crippen LogP contribution >= 0.6 is 23.4 Å². The van der Waals surface area contributed by atoms with Crippen molar-refractivity contribution in [3.8, 4) is 11.3 Å². The van der Waals surface area contributed by atoms with Gasteiger partial charge in [0.1, 0.15) is 5.02 Å². The molecule has 3 rings (SSSR count). The Balaban J connectivity index is 1.97. The Morgan fingerprint density at radius 2 is 1.86 bits per heavy atom. The summed E-state index contributed by atoms with van der Waals surface area (Å²) >= 11 is 7.42. The zero-order valence-corrected chi connectivity index (χ0v) is 13.6. The first kappa shape index (κ1) is 14.9. The van der Waals surface area contributed by atoms with Gasteiger partial charge in [-0.3, -0.25) is 4.79 Å². The van der Waals surface area contributed by atoms with Gasteiger partial charge in [-0.1, -0.05) is 41.9 Å². The minimum atomic E-state index is -0.316. The van der Waals surface area contributed by atoms with E-state index >= 15 is 0 Å². The lowest BCUT2D eigenvalue weighted by Crippen LogP contribution is -2.19. The predicted octanol–water partition coefficient (Wildman–Crippen LogP) is 2.99. The third-order valence-electron chi connectivity index (χ3n) is 3.26. The molecule has 0 fully saturated rings. The van der Waals surface area contributed by atoms with Crippen molar-refractivity contribution >= 4 is 23.4 Å². The highest BCUT2D eigenvalue weighted by atomic mass is 35.5. The highest BCUT2D eigenvalue weighted by Gasteiger charge is 2.14. The van der Waals surface area contributed by atoms with Gasteiger partial charge in [0.05, 0.1) is 23.0 Å². The molecular weight excluding hydrogens is 320 g/mol. The minimum absolute atomic E-state index is 0.159. The Bertz CT molecular complexity index is 873. The van der Waals surface area contributed by atoms with Crippen LogP contribution in [-0.4, -0.2) is 19.3 Å². The lowest BCUT2D eigenvalue weighted by molar-refractivity contribution is 0.696. The van der Waals surface area contributed by atoms with Gasteiger partial charge in [-0.05, 0) is 17.3 Å². The fourth-order valence-corrected chi connectivity index (χ4v) is 3.13. The maximum atomic E-state index is 11.8. The van der Waals surface area contributed by atoms with E-state index in [-0.39, 0.29) is 10.6 Å². The van der Waals surface area contributed by atoms with Crippen molar-refractivity contribution in [1.29, 1.82) is 0 Å². The highest BCUT2D eigenvalue weighted by molar-refractivity contribution is 7.99. The van der Waals surface area contributed by atoms with E-state index in [0.717, 1.165) is 16.4 Å². The van der Waals surface area contributed by atoms with Crippen molar-refractivity contribution in [1.82, 2.24) is 19.3 Å². The number of nitrogens with zero attached hydrogens (tertiary/aromatic N) is 4. The number of aromatic nitrogens is 4. The Labute approximate surface area is 136 Å². The lowest BCUT2D eigenvalue weighted by Gasteiger charge is -2.07. The molecule has 5 nitrogen and oxygen atoms in total.